The van der Waals surface area contributed by atoms with Crippen LogP contribution in [0, 0.1) is 22.7 Å². The van der Waals surface area contributed by atoms with Crippen LogP contribution in [0.2, 0.25) is 0 Å². The van der Waals surface area contributed by atoms with E-state index in [1.807, 2.05) is 0 Å². The van der Waals surface area contributed by atoms with Crippen LogP contribution in [0.15, 0.2) is 23.3 Å². The van der Waals surface area contributed by atoms with Gasteiger partial charge in [0.15, 0.2) is 0 Å². The average Bonchev–Trinajstić information content (AvgIpc) is 2.81. The van der Waals surface area contributed by atoms with Crippen molar-refractivity contribution in [2.24, 2.45) is 28.4 Å². The highest BCUT2D eigenvalue weighted by Gasteiger charge is 2.52. The number of nitrogens with two attached hydrogens (primary N) is 1. The predicted octanol–water partition coefficient (Wildman–Crippen LogP) is 4.59. The van der Waals surface area contributed by atoms with Crippen molar-refractivity contribution >= 4 is 0 Å². The van der Waals surface area contributed by atoms with Gasteiger partial charge in [-0.25, -0.2) is 0 Å². The molecule has 0 aliphatic heterocycles. The molecule has 2 N–H and O–H groups in total. The second-order valence-corrected chi connectivity index (χ2v) is 8.33. The first kappa shape index (κ1) is 13.1. The lowest BCUT2D eigenvalue weighted by molar-refractivity contribution is 0.149. The Labute approximate surface area is 123 Å². The lowest BCUT2D eigenvalue weighted by atomic mass is 9.52. The van der Waals surface area contributed by atoms with Crippen LogP contribution in [-0.2, 0) is 0 Å². The van der Waals surface area contributed by atoms with Crippen LogP contribution in [0.3, 0.4) is 0 Å². The van der Waals surface area contributed by atoms with Gasteiger partial charge in [0, 0.05) is 11.5 Å². The summed E-state index contributed by atoms with van der Waals surface area (Å²) in [5, 5.41) is 0. The molecule has 5 atom stereocenters. The minimum Gasteiger partial charge on any atom is -0.324 e. The van der Waals surface area contributed by atoms with E-state index in [4.69, 9.17) is 5.73 Å². The molecular weight excluding hydrogens is 242 g/mol. The van der Waals surface area contributed by atoms with Gasteiger partial charge < -0.3 is 5.73 Å². The van der Waals surface area contributed by atoms with Crippen molar-refractivity contribution in [3.63, 3.8) is 0 Å². The summed E-state index contributed by atoms with van der Waals surface area (Å²) in [6, 6.07) is 0.359. The number of allylic oxidation sites excluding steroid dienone is 3. The molecule has 0 aromatic heterocycles. The van der Waals surface area contributed by atoms with Gasteiger partial charge in [-0.3, -0.25) is 0 Å². The maximum atomic E-state index is 6.69. The summed E-state index contributed by atoms with van der Waals surface area (Å²) in [7, 11) is 0. The second kappa shape index (κ2) is 4.22. The Hall–Kier alpha value is -0.560. The molecule has 110 valence electrons. The van der Waals surface area contributed by atoms with Crippen molar-refractivity contribution in [2.75, 3.05) is 0 Å². The first-order chi connectivity index (χ1) is 9.55. The van der Waals surface area contributed by atoms with E-state index in [2.05, 4.69) is 26.0 Å². The Morgan fingerprint density at radius 3 is 2.90 bits per heavy atom. The van der Waals surface area contributed by atoms with Gasteiger partial charge >= 0.3 is 0 Å². The van der Waals surface area contributed by atoms with Crippen molar-refractivity contribution < 1.29 is 0 Å². The Kier molecular flexibility index (Phi) is 2.77. The summed E-state index contributed by atoms with van der Waals surface area (Å²) in [6.45, 7) is 5.04. The van der Waals surface area contributed by atoms with Gasteiger partial charge in [0.05, 0.1) is 0 Å². The highest BCUT2D eigenvalue weighted by atomic mass is 14.7. The smallest absolute Gasteiger partial charge is 0.0262 e. The van der Waals surface area contributed by atoms with Gasteiger partial charge in [-0.15, -0.1) is 0 Å². The van der Waals surface area contributed by atoms with Crippen LogP contribution in [-0.4, -0.2) is 6.04 Å². The van der Waals surface area contributed by atoms with Crippen molar-refractivity contribution in [1.29, 1.82) is 0 Å². The Morgan fingerprint density at radius 1 is 1.20 bits per heavy atom. The first-order valence-electron chi connectivity index (χ1n) is 8.71. The molecule has 0 heterocycles. The van der Waals surface area contributed by atoms with Crippen LogP contribution in [0.4, 0.5) is 0 Å². The Bertz CT molecular complexity index is 488. The molecule has 1 saturated carbocycles. The summed E-state index contributed by atoms with van der Waals surface area (Å²) < 4.78 is 0. The molecule has 2 unspecified atom stereocenters. The van der Waals surface area contributed by atoms with Crippen LogP contribution < -0.4 is 5.73 Å². The van der Waals surface area contributed by atoms with E-state index in [0.29, 0.717) is 16.9 Å². The highest BCUT2D eigenvalue weighted by Crippen LogP contribution is 2.61. The van der Waals surface area contributed by atoms with Crippen molar-refractivity contribution in [1.82, 2.24) is 0 Å². The van der Waals surface area contributed by atoms with Gasteiger partial charge in [0.2, 0.25) is 0 Å². The van der Waals surface area contributed by atoms with E-state index >= 15 is 0 Å². The predicted molar refractivity (Wildman–Crippen MR) is 84.3 cm³/mol. The fourth-order valence-electron chi connectivity index (χ4n) is 6.10. The largest absolute Gasteiger partial charge is 0.324 e. The molecule has 0 radical (unpaired) electrons. The monoisotopic (exact) mass is 271 g/mol. The Morgan fingerprint density at radius 2 is 2.05 bits per heavy atom. The van der Waals surface area contributed by atoms with Crippen LogP contribution in [0.5, 0.6) is 0 Å². The molecule has 0 amide bonds. The topological polar surface area (TPSA) is 26.0 Å². The van der Waals surface area contributed by atoms with E-state index in [-0.39, 0.29) is 0 Å². The molecule has 0 aromatic carbocycles. The molecule has 4 aliphatic carbocycles. The second-order valence-electron chi connectivity index (χ2n) is 8.33. The molecule has 1 nitrogen and oxygen atoms in total. The van der Waals surface area contributed by atoms with Crippen LogP contribution in [0.1, 0.15) is 65.2 Å². The van der Waals surface area contributed by atoms with E-state index in [1.165, 1.54) is 51.4 Å². The zero-order chi connectivity index (χ0) is 14.0. The lowest BCUT2D eigenvalue weighted by Gasteiger charge is -2.53. The van der Waals surface area contributed by atoms with Gasteiger partial charge in [0.25, 0.3) is 0 Å². The zero-order valence-corrected chi connectivity index (χ0v) is 13.1. The molecule has 20 heavy (non-hydrogen) atoms. The SMILES string of the molecule is C[C@@]12CCC[C@H]1C1=C(CC2)[C@@]2(C)C=CCCC2CC1N. The highest BCUT2D eigenvalue weighted by molar-refractivity contribution is 5.40. The number of fused-ring (bicyclic) bond motifs is 4. The van der Waals surface area contributed by atoms with Crippen LogP contribution in [0.25, 0.3) is 0 Å². The quantitative estimate of drug-likeness (QED) is 0.641. The molecular formula is C19H29N. The fourth-order valence-corrected chi connectivity index (χ4v) is 6.10. The zero-order valence-electron chi connectivity index (χ0n) is 13.1. The third-order valence-corrected chi connectivity index (χ3v) is 7.33. The van der Waals surface area contributed by atoms with Gasteiger partial charge in [-0.05, 0) is 67.8 Å². The molecule has 0 saturated heterocycles. The summed E-state index contributed by atoms with van der Waals surface area (Å²) in [5.74, 6) is 1.60. The molecule has 4 aliphatic rings. The van der Waals surface area contributed by atoms with Crippen LogP contribution >= 0.6 is 0 Å². The summed E-state index contributed by atoms with van der Waals surface area (Å²) in [5.41, 5.74) is 11.1. The van der Waals surface area contributed by atoms with Crippen molar-refractivity contribution in [3.05, 3.63) is 23.3 Å². The van der Waals surface area contributed by atoms with Crippen molar-refractivity contribution in [3.8, 4) is 0 Å². The normalized spacial score (nSPS) is 50.6. The summed E-state index contributed by atoms with van der Waals surface area (Å²) in [4.78, 5) is 0. The molecule has 4 rings (SSSR count). The molecule has 1 fully saturated rings. The van der Waals surface area contributed by atoms with Crippen molar-refractivity contribution in [2.45, 2.75) is 71.3 Å². The van der Waals surface area contributed by atoms with Gasteiger partial charge in [-0.1, -0.05) is 38.0 Å². The van der Waals surface area contributed by atoms with E-state index in [0.717, 1.165) is 11.8 Å². The third-order valence-electron chi connectivity index (χ3n) is 7.33. The first-order valence-corrected chi connectivity index (χ1v) is 8.71. The van der Waals surface area contributed by atoms with E-state index in [9.17, 15) is 0 Å². The number of rotatable bonds is 0. The number of hydrogen-bond acceptors (Lipinski definition) is 1. The summed E-state index contributed by atoms with van der Waals surface area (Å²) >= 11 is 0. The molecule has 1 heteroatoms. The number of hydrogen-bond donors (Lipinski definition) is 1. The molecule has 0 aromatic rings. The fraction of sp³-hybridized carbons (Fsp3) is 0.789. The lowest BCUT2D eigenvalue weighted by Crippen LogP contribution is -2.48. The maximum Gasteiger partial charge on any atom is 0.0262 e. The summed E-state index contributed by atoms with van der Waals surface area (Å²) in [6.07, 6.45) is 15.8. The third kappa shape index (κ3) is 1.59. The van der Waals surface area contributed by atoms with E-state index < -0.39 is 0 Å². The minimum absolute atomic E-state index is 0.341. The molecule has 0 spiro atoms. The van der Waals surface area contributed by atoms with E-state index in [1.54, 1.807) is 11.1 Å². The van der Waals surface area contributed by atoms with Gasteiger partial charge in [-0.2, -0.15) is 0 Å². The standard InChI is InChI=1S/C19H29N/c1-18-9-5-7-14(18)17-15(8-11-18)19(2)10-4-3-6-13(19)12-16(17)20/h4,10,13-14,16H,3,5-9,11-12,20H2,1-2H3/t13?,14-,16?,18-,19-/m0/s1. The minimum atomic E-state index is 0.341. The average molecular weight is 271 g/mol. The Balaban J connectivity index is 1.85. The van der Waals surface area contributed by atoms with Gasteiger partial charge in [0.1, 0.15) is 0 Å². The maximum absolute atomic E-state index is 6.69. The molecule has 0 bridgehead atoms.